The zero-order valence-corrected chi connectivity index (χ0v) is 18.0. The number of halogens is 1. The van der Waals surface area contributed by atoms with Crippen molar-refractivity contribution in [3.63, 3.8) is 0 Å². The summed E-state index contributed by atoms with van der Waals surface area (Å²) in [7, 11) is 1.45. The molecule has 1 unspecified atom stereocenters. The lowest BCUT2D eigenvalue weighted by molar-refractivity contribution is -0.124. The highest BCUT2D eigenvalue weighted by molar-refractivity contribution is 6.31. The maximum atomic E-state index is 12.5. The normalized spacial score (nSPS) is 14.4. The number of carbonyl (C=O) groups excluding carboxylic acids is 4. The van der Waals surface area contributed by atoms with Gasteiger partial charge < -0.3 is 14.8 Å². The molecule has 0 radical (unpaired) electrons. The highest BCUT2D eigenvalue weighted by atomic mass is 35.5. The molecule has 0 saturated carbocycles. The van der Waals surface area contributed by atoms with E-state index in [1.54, 1.807) is 25.1 Å². The molecule has 3 rings (SSSR count). The average molecular weight is 445 g/mol. The van der Waals surface area contributed by atoms with Gasteiger partial charge in [-0.3, -0.25) is 19.3 Å². The Morgan fingerprint density at radius 2 is 1.81 bits per heavy atom. The molecule has 9 heteroatoms. The maximum Gasteiger partial charge on any atom is 0.338 e. The van der Waals surface area contributed by atoms with E-state index in [2.05, 4.69) is 5.32 Å². The SMILES string of the molecule is COc1cc(Cl)c(C)cc1NC(=O)C(C)OC(=O)c1cccc(N2C(=O)CCC2=O)c1. The first-order chi connectivity index (χ1) is 14.7. The van der Waals surface area contributed by atoms with Crippen molar-refractivity contribution in [2.45, 2.75) is 32.8 Å². The van der Waals surface area contributed by atoms with E-state index >= 15 is 0 Å². The summed E-state index contributed by atoms with van der Waals surface area (Å²) in [6, 6.07) is 9.20. The van der Waals surface area contributed by atoms with Crippen molar-refractivity contribution in [1.82, 2.24) is 0 Å². The van der Waals surface area contributed by atoms with Gasteiger partial charge in [-0.05, 0) is 43.7 Å². The minimum Gasteiger partial charge on any atom is -0.495 e. The Hall–Kier alpha value is -3.39. The van der Waals surface area contributed by atoms with E-state index in [9.17, 15) is 19.2 Å². The van der Waals surface area contributed by atoms with Gasteiger partial charge in [0.15, 0.2) is 6.10 Å². The zero-order chi connectivity index (χ0) is 22.7. The molecule has 8 nitrogen and oxygen atoms in total. The van der Waals surface area contributed by atoms with Gasteiger partial charge in [0, 0.05) is 23.9 Å². The highest BCUT2D eigenvalue weighted by Crippen LogP contribution is 2.31. The third-order valence-electron chi connectivity index (χ3n) is 4.78. The summed E-state index contributed by atoms with van der Waals surface area (Å²) >= 11 is 6.07. The molecular weight excluding hydrogens is 424 g/mol. The summed E-state index contributed by atoms with van der Waals surface area (Å²) < 4.78 is 10.5. The molecule has 1 atom stereocenters. The first-order valence-corrected chi connectivity index (χ1v) is 9.91. The molecule has 0 bridgehead atoms. The van der Waals surface area contributed by atoms with E-state index in [0.29, 0.717) is 22.1 Å². The van der Waals surface area contributed by atoms with Gasteiger partial charge >= 0.3 is 5.97 Å². The molecule has 31 heavy (non-hydrogen) atoms. The Morgan fingerprint density at radius 3 is 2.45 bits per heavy atom. The minimum atomic E-state index is -1.12. The molecule has 3 amide bonds. The van der Waals surface area contributed by atoms with Crippen LogP contribution in [0.5, 0.6) is 5.75 Å². The number of nitrogens with one attached hydrogen (secondary N) is 1. The molecule has 0 aromatic heterocycles. The van der Waals surface area contributed by atoms with Crippen molar-refractivity contribution in [2.75, 3.05) is 17.3 Å². The third-order valence-corrected chi connectivity index (χ3v) is 5.19. The Morgan fingerprint density at radius 1 is 1.13 bits per heavy atom. The number of rotatable bonds is 6. The van der Waals surface area contributed by atoms with Crippen molar-refractivity contribution >= 4 is 46.7 Å². The maximum absolute atomic E-state index is 12.5. The van der Waals surface area contributed by atoms with Crippen LogP contribution in [0.15, 0.2) is 36.4 Å². The number of hydrogen-bond acceptors (Lipinski definition) is 6. The number of ether oxygens (including phenoxy) is 2. The summed E-state index contributed by atoms with van der Waals surface area (Å²) in [5, 5.41) is 3.15. The van der Waals surface area contributed by atoms with Gasteiger partial charge in [-0.15, -0.1) is 0 Å². The number of benzene rings is 2. The van der Waals surface area contributed by atoms with Crippen molar-refractivity contribution in [3.8, 4) is 5.75 Å². The number of amides is 3. The van der Waals surface area contributed by atoms with Gasteiger partial charge in [-0.25, -0.2) is 4.79 Å². The van der Waals surface area contributed by atoms with Crippen molar-refractivity contribution in [1.29, 1.82) is 0 Å². The Bertz CT molecular complexity index is 1050. The number of methoxy groups -OCH3 is 1. The minimum absolute atomic E-state index is 0.115. The van der Waals surface area contributed by atoms with Crippen LogP contribution in [0.3, 0.4) is 0 Å². The van der Waals surface area contributed by atoms with Crippen LogP contribution in [-0.2, 0) is 19.1 Å². The number of esters is 1. The second-order valence-electron chi connectivity index (χ2n) is 7.01. The first kappa shape index (κ1) is 22.3. The van der Waals surface area contributed by atoms with Gasteiger partial charge in [0.25, 0.3) is 5.91 Å². The number of hydrogen-bond donors (Lipinski definition) is 1. The largest absolute Gasteiger partial charge is 0.495 e. The summed E-state index contributed by atoms with van der Waals surface area (Å²) in [5.41, 5.74) is 1.54. The lowest BCUT2D eigenvalue weighted by atomic mass is 10.2. The Labute approximate surface area is 184 Å². The summed E-state index contributed by atoms with van der Waals surface area (Å²) in [5.74, 6) is -1.60. The fourth-order valence-corrected chi connectivity index (χ4v) is 3.24. The summed E-state index contributed by atoms with van der Waals surface area (Å²) in [6.07, 6.45) is -0.844. The molecular formula is C22H21ClN2O6. The quantitative estimate of drug-likeness (QED) is 0.540. The number of carbonyl (C=O) groups is 4. The fourth-order valence-electron chi connectivity index (χ4n) is 3.08. The molecule has 1 aliphatic heterocycles. The van der Waals surface area contributed by atoms with Crippen LogP contribution >= 0.6 is 11.6 Å². The molecule has 2 aromatic carbocycles. The molecule has 1 fully saturated rings. The van der Waals surface area contributed by atoms with E-state index in [1.807, 2.05) is 0 Å². The molecule has 162 valence electrons. The molecule has 1 aliphatic rings. The summed E-state index contributed by atoms with van der Waals surface area (Å²) in [6.45, 7) is 3.21. The molecule has 2 aromatic rings. The van der Waals surface area contributed by atoms with Crippen LogP contribution in [0.2, 0.25) is 5.02 Å². The number of imide groups is 1. The Kier molecular flexibility index (Phi) is 6.60. The van der Waals surface area contributed by atoms with E-state index in [0.717, 1.165) is 10.5 Å². The standard InChI is InChI=1S/C22H21ClN2O6/c1-12-9-17(18(30-3)11-16(12)23)24-21(28)13(2)31-22(29)14-5-4-6-15(10-14)25-19(26)7-8-20(25)27/h4-6,9-11,13H,7-8H2,1-3H3,(H,24,28). The number of aryl methyl sites for hydroxylation is 1. The van der Waals surface area contributed by atoms with Gasteiger partial charge in [-0.2, -0.15) is 0 Å². The second kappa shape index (κ2) is 9.18. The molecule has 1 heterocycles. The third kappa shape index (κ3) is 4.86. The van der Waals surface area contributed by atoms with Crippen LogP contribution < -0.4 is 15.0 Å². The fraction of sp³-hybridized carbons (Fsp3) is 0.273. The number of anilines is 2. The second-order valence-corrected chi connectivity index (χ2v) is 7.42. The van der Waals surface area contributed by atoms with Crippen LogP contribution in [-0.4, -0.2) is 36.9 Å². The first-order valence-electron chi connectivity index (χ1n) is 9.53. The lowest BCUT2D eigenvalue weighted by Crippen LogP contribution is -2.30. The van der Waals surface area contributed by atoms with E-state index in [-0.39, 0.29) is 30.2 Å². The molecule has 1 N–H and O–H groups in total. The average Bonchev–Trinajstić information content (AvgIpc) is 3.08. The van der Waals surface area contributed by atoms with Crippen LogP contribution in [0, 0.1) is 6.92 Å². The molecule has 1 saturated heterocycles. The zero-order valence-electron chi connectivity index (χ0n) is 17.2. The molecule has 0 spiro atoms. The van der Waals surface area contributed by atoms with Crippen LogP contribution in [0.1, 0.15) is 35.7 Å². The van der Waals surface area contributed by atoms with E-state index in [1.165, 1.54) is 32.2 Å². The van der Waals surface area contributed by atoms with Crippen molar-refractivity contribution in [3.05, 3.63) is 52.5 Å². The Balaban J connectivity index is 1.70. The van der Waals surface area contributed by atoms with E-state index < -0.39 is 18.0 Å². The topological polar surface area (TPSA) is 102 Å². The smallest absolute Gasteiger partial charge is 0.338 e. The number of nitrogens with zero attached hydrogens (tertiary/aromatic N) is 1. The van der Waals surface area contributed by atoms with Crippen molar-refractivity contribution in [2.24, 2.45) is 0 Å². The predicted molar refractivity (Wildman–Crippen MR) is 114 cm³/mol. The lowest BCUT2D eigenvalue weighted by Gasteiger charge is -2.17. The summed E-state index contributed by atoms with van der Waals surface area (Å²) in [4.78, 5) is 49.9. The van der Waals surface area contributed by atoms with Gasteiger partial charge in [-0.1, -0.05) is 17.7 Å². The highest BCUT2D eigenvalue weighted by Gasteiger charge is 2.31. The van der Waals surface area contributed by atoms with E-state index in [4.69, 9.17) is 21.1 Å². The van der Waals surface area contributed by atoms with Crippen molar-refractivity contribution < 1.29 is 28.7 Å². The van der Waals surface area contributed by atoms with Gasteiger partial charge in [0.05, 0.1) is 24.0 Å². The monoisotopic (exact) mass is 444 g/mol. The van der Waals surface area contributed by atoms with Gasteiger partial charge in [0.1, 0.15) is 5.75 Å². The predicted octanol–water partition coefficient (Wildman–Crippen LogP) is 3.49. The van der Waals surface area contributed by atoms with Crippen LogP contribution in [0.25, 0.3) is 0 Å². The van der Waals surface area contributed by atoms with Crippen LogP contribution in [0.4, 0.5) is 11.4 Å². The van der Waals surface area contributed by atoms with Gasteiger partial charge in [0.2, 0.25) is 11.8 Å². The molecule has 0 aliphatic carbocycles.